The monoisotopic (exact) mass is 378 g/mol. The van der Waals surface area contributed by atoms with E-state index < -0.39 is 10.0 Å². The minimum Gasteiger partial charge on any atom is -0.317 e. The van der Waals surface area contributed by atoms with Crippen molar-refractivity contribution in [2.75, 3.05) is 0 Å². The van der Waals surface area contributed by atoms with Crippen LogP contribution >= 0.6 is 27.5 Å². The van der Waals surface area contributed by atoms with E-state index >= 15 is 0 Å². The SMILES string of the molecule is CCn1cnnc1CNS(=O)(=O)c1ccc(Cl)c(Br)c1. The van der Waals surface area contributed by atoms with E-state index in [1.807, 2.05) is 6.92 Å². The van der Waals surface area contributed by atoms with Gasteiger partial charge in [0, 0.05) is 11.0 Å². The van der Waals surface area contributed by atoms with Crippen LogP contribution in [0.15, 0.2) is 33.9 Å². The van der Waals surface area contributed by atoms with Crippen molar-refractivity contribution in [1.82, 2.24) is 19.5 Å². The number of rotatable bonds is 5. The smallest absolute Gasteiger partial charge is 0.241 e. The topological polar surface area (TPSA) is 76.9 Å². The maximum Gasteiger partial charge on any atom is 0.241 e. The molecule has 0 aliphatic rings. The van der Waals surface area contributed by atoms with Gasteiger partial charge in [0.25, 0.3) is 0 Å². The molecule has 20 heavy (non-hydrogen) atoms. The Morgan fingerprint density at radius 1 is 1.45 bits per heavy atom. The number of hydrogen-bond acceptors (Lipinski definition) is 4. The second-order valence-corrected chi connectivity index (χ2v) is 6.96. The molecular weight excluding hydrogens is 368 g/mol. The van der Waals surface area contributed by atoms with Gasteiger partial charge in [-0.25, -0.2) is 13.1 Å². The van der Waals surface area contributed by atoms with Gasteiger partial charge in [-0.05, 0) is 41.1 Å². The van der Waals surface area contributed by atoms with Crippen molar-refractivity contribution < 1.29 is 8.42 Å². The highest BCUT2D eigenvalue weighted by molar-refractivity contribution is 9.10. The van der Waals surface area contributed by atoms with Crippen molar-refractivity contribution in [1.29, 1.82) is 0 Å². The molecule has 1 heterocycles. The van der Waals surface area contributed by atoms with E-state index in [0.717, 1.165) is 0 Å². The predicted octanol–water partition coefficient (Wildman–Crippen LogP) is 2.19. The number of benzene rings is 1. The molecule has 9 heteroatoms. The van der Waals surface area contributed by atoms with Gasteiger partial charge in [0.15, 0.2) is 0 Å². The molecule has 0 radical (unpaired) electrons. The Kier molecular flexibility index (Phi) is 4.79. The van der Waals surface area contributed by atoms with Gasteiger partial charge < -0.3 is 4.57 Å². The van der Waals surface area contributed by atoms with Crippen molar-refractivity contribution in [3.63, 3.8) is 0 Å². The predicted molar refractivity (Wildman–Crippen MR) is 78.9 cm³/mol. The van der Waals surface area contributed by atoms with Gasteiger partial charge in [-0.3, -0.25) is 0 Å². The fourth-order valence-corrected chi connectivity index (χ4v) is 3.22. The summed E-state index contributed by atoms with van der Waals surface area (Å²) in [6.07, 6.45) is 1.56. The van der Waals surface area contributed by atoms with Crippen molar-refractivity contribution in [3.8, 4) is 0 Å². The summed E-state index contributed by atoms with van der Waals surface area (Å²) in [5.41, 5.74) is 0. The van der Waals surface area contributed by atoms with Crippen LogP contribution in [0, 0.1) is 0 Å². The van der Waals surface area contributed by atoms with Crippen LogP contribution in [0.1, 0.15) is 12.7 Å². The number of nitrogens with one attached hydrogen (secondary N) is 1. The lowest BCUT2D eigenvalue weighted by Gasteiger charge is -2.08. The lowest BCUT2D eigenvalue weighted by atomic mass is 10.4. The number of halogens is 2. The quantitative estimate of drug-likeness (QED) is 0.864. The van der Waals surface area contributed by atoms with Gasteiger partial charge in [0.1, 0.15) is 12.2 Å². The zero-order valence-corrected chi connectivity index (χ0v) is 13.7. The number of nitrogens with zero attached hydrogens (tertiary/aromatic N) is 3. The summed E-state index contributed by atoms with van der Waals surface area (Å²) >= 11 is 9.05. The normalized spacial score (nSPS) is 11.8. The second kappa shape index (κ2) is 6.21. The highest BCUT2D eigenvalue weighted by Crippen LogP contribution is 2.25. The average molecular weight is 380 g/mol. The van der Waals surface area contributed by atoms with E-state index in [1.165, 1.54) is 18.2 Å². The molecule has 1 aromatic heterocycles. The Labute approximate surface area is 130 Å². The van der Waals surface area contributed by atoms with Crippen LogP contribution in [-0.4, -0.2) is 23.2 Å². The third-order valence-electron chi connectivity index (χ3n) is 2.66. The molecule has 0 saturated carbocycles. The summed E-state index contributed by atoms with van der Waals surface area (Å²) in [4.78, 5) is 0.135. The maximum absolute atomic E-state index is 12.2. The van der Waals surface area contributed by atoms with Crippen LogP contribution in [0.25, 0.3) is 0 Å². The van der Waals surface area contributed by atoms with Gasteiger partial charge in [-0.1, -0.05) is 11.6 Å². The summed E-state index contributed by atoms with van der Waals surface area (Å²) in [6, 6.07) is 4.42. The molecule has 1 N–H and O–H groups in total. The average Bonchev–Trinajstić information content (AvgIpc) is 2.87. The maximum atomic E-state index is 12.2. The fraction of sp³-hybridized carbons (Fsp3) is 0.273. The summed E-state index contributed by atoms with van der Waals surface area (Å²) in [5.74, 6) is 0.559. The largest absolute Gasteiger partial charge is 0.317 e. The molecule has 0 aliphatic carbocycles. The van der Waals surface area contributed by atoms with Gasteiger partial charge in [-0.15, -0.1) is 10.2 Å². The minimum absolute atomic E-state index is 0.0798. The van der Waals surface area contributed by atoms with Crippen molar-refractivity contribution in [2.45, 2.75) is 24.9 Å². The van der Waals surface area contributed by atoms with E-state index in [0.29, 0.717) is 21.9 Å². The summed E-state index contributed by atoms with van der Waals surface area (Å²) in [6.45, 7) is 2.69. The van der Waals surface area contributed by atoms with E-state index in [9.17, 15) is 8.42 Å². The fourth-order valence-electron chi connectivity index (χ4n) is 1.57. The molecule has 1 aromatic carbocycles. The first-order chi connectivity index (χ1) is 9.44. The summed E-state index contributed by atoms with van der Waals surface area (Å²) < 4.78 is 29.1. The third kappa shape index (κ3) is 3.38. The summed E-state index contributed by atoms with van der Waals surface area (Å²) in [7, 11) is -3.62. The Morgan fingerprint density at radius 3 is 2.85 bits per heavy atom. The van der Waals surface area contributed by atoms with Crippen molar-refractivity contribution in [2.24, 2.45) is 0 Å². The first-order valence-electron chi connectivity index (χ1n) is 5.75. The van der Waals surface area contributed by atoms with E-state index in [2.05, 4.69) is 30.8 Å². The minimum atomic E-state index is -3.62. The van der Waals surface area contributed by atoms with Gasteiger partial charge in [0.2, 0.25) is 10.0 Å². The first kappa shape index (κ1) is 15.4. The molecule has 0 aliphatic heterocycles. The first-order valence-corrected chi connectivity index (χ1v) is 8.41. The molecule has 0 unspecified atom stereocenters. The Balaban J connectivity index is 2.17. The zero-order chi connectivity index (χ0) is 14.8. The molecule has 2 aromatic rings. The third-order valence-corrected chi connectivity index (χ3v) is 5.27. The van der Waals surface area contributed by atoms with Gasteiger partial charge in [-0.2, -0.15) is 0 Å². The molecular formula is C11H12BrClN4O2S. The highest BCUT2D eigenvalue weighted by atomic mass is 79.9. The molecule has 0 fully saturated rings. The van der Waals surface area contributed by atoms with Crippen LogP contribution in [0.4, 0.5) is 0 Å². The molecule has 0 amide bonds. The number of sulfonamides is 1. The molecule has 2 rings (SSSR count). The molecule has 0 saturated heterocycles. The van der Waals surface area contributed by atoms with Crippen molar-refractivity contribution in [3.05, 3.63) is 39.8 Å². The van der Waals surface area contributed by atoms with Crippen LogP contribution in [0.2, 0.25) is 5.02 Å². The van der Waals surface area contributed by atoms with Gasteiger partial charge >= 0.3 is 0 Å². The van der Waals surface area contributed by atoms with Crippen LogP contribution in [0.5, 0.6) is 0 Å². The molecule has 0 bridgehead atoms. The van der Waals surface area contributed by atoms with Crippen molar-refractivity contribution >= 4 is 37.6 Å². The Bertz CT molecular complexity index is 717. The zero-order valence-electron chi connectivity index (χ0n) is 10.5. The summed E-state index contributed by atoms with van der Waals surface area (Å²) in [5, 5.41) is 8.07. The molecule has 108 valence electrons. The number of aromatic nitrogens is 3. The molecule has 0 atom stereocenters. The van der Waals surface area contributed by atoms with Crippen LogP contribution < -0.4 is 4.72 Å². The Hall–Kier alpha value is -0.960. The molecule has 6 nitrogen and oxygen atoms in total. The van der Waals surface area contributed by atoms with E-state index in [1.54, 1.807) is 10.9 Å². The lowest BCUT2D eigenvalue weighted by Crippen LogP contribution is -2.25. The standard InChI is InChI=1S/C11H12BrClN4O2S/c1-2-17-7-14-16-11(17)6-15-20(18,19)8-3-4-10(13)9(12)5-8/h3-5,7,15H,2,6H2,1H3. The Morgan fingerprint density at radius 2 is 2.20 bits per heavy atom. The van der Waals surface area contributed by atoms with Crippen LogP contribution in [0.3, 0.4) is 0 Å². The molecule has 0 spiro atoms. The van der Waals surface area contributed by atoms with E-state index in [-0.39, 0.29) is 11.4 Å². The second-order valence-electron chi connectivity index (χ2n) is 3.93. The van der Waals surface area contributed by atoms with Gasteiger partial charge in [0.05, 0.1) is 16.5 Å². The van der Waals surface area contributed by atoms with E-state index in [4.69, 9.17) is 11.6 Å². The number of hydrogen-bond donors (Lipinski definition) is 1. The lowest BCUT2D eigenvalue weighted by molar-refractivity contribution is 0.575. The highest BCUT2D eigenvalue weighted by Gasteiger charge is 2.16. The van der Waals surface area contributed by atoms with Crippen LogP contribution in [-0.2, 0) is 23.1 Å². The number of aryl methyl sites for hydroxylation is 1.